The fourth-order valence-corrected chi connectivity index (χ4v) is 3.27. The summed E-state index contributed by atoms with van der Waals surface area (Å²) in [5, 5.41) is 12.2. The van der Waals surface area contributed by atoms with Crippen molar-refractivity contribution < 1.29 is 4.74 Å². The molecule has 0 radical (unpaired) electrons. The lowest BCUT2D eigenvalue weighted by molar-refractivity contribution is 0.417. The highest BCUT2D eigenvalue weighted by molar-refractivity contribution is 5.99. The topological polar surface area (TPSA) is 95.8 Å². The van der Waals surface area contributed by atoms with Gasteiger partial charge >= 0.3 is 0 Å². The summed E-state index contributed by atoms with van der Waals surface area (Å²) in [5.74, 6) is 2.07. The van der Waals surface area contributed by atoms with Gasteiger partial charge in [-0.2, -0.15) is 20.2 Å². The normalized spacial score (nSPS) is 11.6. The van der Waals surface area contributed by atoms with Gasteiger partial charge < -0.3 is 10.1 Å². The molecule has 4 aromatic rings. The zero-order valence-electron chi connectivity index (χ0n) is 19.9. The molecule has 3 aromatic carbocycles. The molecule has 0 aliphatic rings. The van der Waals surface area contributed by atoms with Crippen molar-refractivity contribution in [2.24, 2.45) is 10.2 Å². The Morgan fingerprint density at radius 1 is 0.686 bits per heavy atom. The van der Waals surface area contributed by atoms with Gasteiger partial charge in [0.05, 0.1) is 24.2 Å². The molecule has 0 saturated heterocycles. The first kappa shape index (κ1) is 23.4. The van der Waals surface area contributed by atoms with Crippen LogP contribution in [0.3, 0.4) is 0 Å². The Balaban J connectivity index is 1.62. The minimum absolute atomic E-state index is 0.315. The summed E-state index contributed by atoms with van der Waals surface area (Å²) in [6.45, 7) is 3.86. The predicted molar refractivity (Wildman–Crippen MR) is 143 cm³/mol. The van der Waals surface area contributed by atoms with Crippen LogP contribution in [0.5, 0.6) is 5.75 Å². The molecule has 0 aliphatic carbocycles. The van der Waals surface area contributed by atoms with Crippen LogP contribution in [0.25, 0.3) is 0 Å². The van der Waals surface area contributed by atoms with E-state index in [1.165, 1.54) is 0 Å². The molecule has 0 aliphatic heterocycles. The molecule has 1 heterocycles. The number of nitrogens with one attached hydrogen (secondary N) is 3. The summed E-state index contributed by atoms with van der Waals surface area (Å²) in [6.07, 6.45) is 0. The number of hydrazone groups is 2. The van der Waals surface area contributed by atoms with Gasteiger partial charge in [-0.1, -0.05) is 72.8 Å². The van der Waals surface area contributed by atoms with E-state index < -0.39 is 0 Å². The Morgan fingerprint density at radius 3 is 1.86 bits per heavy atom. The number of methoxy groups -OCH3 is 1. The van der Waals surface area contributed by atoms with Crippen molar-refractivity contribution in [2.45, 2.75) is 13.8 Å². The van der Waals surface area contributed by atoms with E-state index in [-0.39, 0.29) is 0 Å². The van der Waals surface area contributed by atoms with Gasteiger partial charge in [0.25, 0.3) is 0 Å². The number of hydrogen-bond donors (Lipinski definition) is 3. The summed E-state index contributed by atoms with van der Waals surface area (Å²) in [5.41, 5.74) is 10.4. The first-order valence-corrected chi connectivity index (χ1v) is 11.1. The number of benzene rings is 3. The lowest BCUT2D eigenvalue weighted by Crippen LogP contribution is -2.07. The molecule has 0 saturated carbocycles. The minimum atomic E-state index is 0.315. The van der Waals surface area contributed by atoms with Gasteiger partial charge in [0, 0.05) is 6.07 Å². The molecule has 0 bridgehead atoms. The second kappa shape index (κ2) is 11.4. The molecule has 0 atom stereocenters. The Kier molecular flexibility index (Phi) is 7.65. The first-order valence-electron chi connectivity index (χ1n) is 11.1. The van der Waals surface area contributed by atoms with E-state index >= 15 is 0 Å². The highest BCUT2D eigenvalue weighted by Crippen LogP contribution is 2.27. The molecule has 0 spiro atoms. The van der Waals surface area contributed by atoms with Gasteiger partial charge in [0.2, 0.25) is 5.95 Å². The molecular weight excluding hydrogens is 438 g/mol. The average Bonchev–Trinajstić information content (AvgIpc) is 2.91. The van der Waals surface area contributed by atoms with Crippen LogP contribution >= 0.6 is 0 Å². The van der Waals surface area contributed by atoms with Gasteiger partial charge in [-0.15, -0.1) is 0 Å². The maximum absolute atomic E-state index is 5.45. The quantitative estimate of drug-likeness (QED) is 0.210. The van der Waals surface area contributed by atoms with Gasteiger partial charge in [0.1, 0.15) is 11.6 Å². The highest BCUT2D eigenvalue weighted by Gasteiger charge is 2.08. The molecule has 8 nitrogen and oxygen atoms in total. The van der Waals surface area contributed by atoms with Gasteiger partial charge in [-0.25, -0.2) is 5.43 Å². The van der Waals surface area contributed by atoms with E-state index in [1.807, 2.05) is 98.8 Å². The Bertz CT molecular complexity index is 1250. The fourth-order valence-electron chi connectivity index (χ4n) is 3.27. The number of rotatable bonds is 9. The van der Waals surface area contributed by atoms with Crippen LogP contribution in [-0.4, -0.2) is 28.5 Å². The summed E-state index contributed by atoms with van der Waals surface area (Å²) in [6, 6.07) is 29.2. The van der Waals surface area contributed by atoms with E-state index in [9.17, 15) is 0 Å². The number of hydrogen-bond acceptors (Lipinski definition) is 8. The largest absolute Gasteiger partial charge is 0.495 e. The van der Waals surface area contributed by atoms with Crippen molar-refractivity contribution in [3.05, 3.63) is 102 Å². The lowest BCUT2D eigenvalue weighted by Gasteiger charge is -2.12. The Labute approximate surface area is 204 Å². The highest BCUT2D eigenvalue weighted by atomic mass is 16.5. The van der Waals surface area contributed by atoms with E-state index in [0.717, 1.165) is 28.2 Å². The Morgan fingerprint density at radius 2 is 1.23 bits per heavy atom. The van der Waals surface area contributed by atoms with Crippen LogP contribution in [-0.2, 0) is 0 Å². The monoisotopic (exact) mass is 465 g/mol. The summed E-state index contributed by atoms with van der Waals surface area (Å²) >= 11 is 0. The Hall–Kier alpha value is -4.72. The summed E-state index contributed by atoms with van der Waals surface area (Å²) in [4.78, 5) is 9.10. The second-order valence-corrected chi connectivity index (χ2v) is 7.64. The third-order valence-electron chi connectivity index (χ3n) is 5.14. The van der Waals surface area contributed by atoms with Crippen molar-refractivity contribution >= 4 is 34.7 Å². The van der Waals surface area contributed by atoms with Crippen molar-refractivity contribution in [1.29, 1.82) is 0 Å². The molecule has 4 rings (SSSR count). The zero-order valence-corrected chi connectivity index (χ0v) is 19.9. The van der Waals surface area contributed by atoms with Crippen molar-refractivity contribution in [2.75, 3.05) is 23.3 Å². The second-order valence-electron chi connectivity index (χ2n) is 7.64. The third kappa shape index (κ3) is 6.42. The van der Waals surface area contributed by atoms with Gasteiger partial charge in [-0.05, 0) is 37.1 Å². The molecule has 1 aromatic heterocycles. The van der Waals surface area contributed by atoms with Crippen molar-refractivity contribution in [3.63, 3.8) is 0 Å². The molecule has 0 fully saturated rings. The number of para-hydroxylation sites is 2. The fraction of sp³-hybridized carbons (Fsp3) is 0.111. The number of aromatic nitrogens is 2. The van der Waals surface area contributed by atoms with Crippen molar-refractivity contribution in [3.8, 4) is 5.75 Å². The number of anilines is 4. The third-order valence-corrected chi connectivity index (χ3v) is 5.14. The molecule has 3 N–H and O–H groups in total. The SMILES string of the molecule is COc1ccccc1Nc1cc(NN=C(C)c2ccccc2)nc(NN=C(C)c2ccccc2)n1. The van der Waals surface area contributed by atoms with Crippen LogP contribution in [0.2, 0.25) is 0 Å². The maximum Gasteiger partial charge on any atom is 0.247 e. The van der Waals surface area contributed by atoms with E-state index in [1.54, 1.807) is 13.2 Å². The van der Waals surface area contributed by atoms with Crippen LogP contribution < -0.4 is 20.9 Å². The van der Waals surface area contributed by atoms with E-state index in [2.05, 4.69) is 36.3 Å². The average molecular weight is 466 g/mol. The van der Waals surface area contributed by atoms with Gasteiger partial charge in [-0.3, -0.25) is 5.43 Å². The van der Waals surface area contributed by atoms with Crippen molar-refractivity contribution in [1.82, 2.24) is 9.97 Å². The molecule has 176 valence electrons. The summed E-state index contributed by atoms with van der Waals surface area (Å²) in [7, 11) is 1.63. The lowest BCUT2D eigenvalue weighted by atomic mass is 10.1. The van der Waals surface area contributed by atoms with Gasteiger partial charge in [0.15, 0.2) is 5.82 Å². The summed E-state index contributed by atoms with van der Waals surface area (Å²) < 4.78 is 5.45. The zero-order chi connectivity index (χ0) is 24.5. The molecule has 0 unspecified atom stereocenters. The molecule has 0 amide bonds. The van der Waals surface area contributed by atoms with Crippen LogP contribution in [0.4, 0.5) is 23.3 Å². The maximum atomic E-state index is 5.45. The minimum Gasteiger partial charge on any atom is -0.495 e. The van der Waals surface area contributed by atoms with E-state index in [0.29, 0.717) is 23.3 Å². The number of ether oxygens (including phenoxy) is 1. The molecular formula is C27H27N7O. The smallest absolute Gasteiger partial charge is 0.247 e. The predicted octanol–water partition coefficient (Wildman–Crippen LogP) is 5.90. The van der Waals surface area contributed by atoms with E-state index in [4.69, 9.17) is 4.74 Å². The number of nitrogens with zero attached hydrogens (tertiary/aromatic N) is 4. The first-order chi connectivity index (χ1) is 17.1. The molecule has 8 heteroatoms. The van der Waals surface area contributed by atoms with Crippen LogP contribution in [0, 0.1) is 0 Å². The molecule has 35 heavy (non-hydrogen) atoms. The van der Waals surface area contributed by atoms with Crippen LogP contribution in [0.1, 0.15) is 25.0 Å². The standard InChI is InChI=1S/C27H27N7O/c1-19(21-12-6-4-7-13-21)31-33-26-18-25(28-23-16-10-11-17-24(23)35-3)29-27(30-26)34-32-20(2)22-14-8-5-9-15-22/h4-18H,1-3H3,(H3,28,29,30,33,34). The van der Waals surface area contributed by atoms with Crippen LogP contribution in [0.15, 0.2) is 101 Å².